The van der Waals surface area contributed by atoms with Crippen LogP contribution in [0.25, 0.3) is 10.2 Å². The van der Waals surface area contributed by atoms with Gasteiger partial charge in [0, 0.05) is 10.6 Å². The van der Waals surface area contributed by atoms with E-state index in [1.54, 1.807) is 11.3 Å². The molecule has 0 unspecified atom stereocenters. The number of fused-ring (bicyclic) bond motifs is 1. The maximum atomic E-state index is 5.68. The zero-order valence-corrected chi connectivity index (χ0v) is 8.25. The van der Waals surface area contributed by atoms with Gasteiger partial charge in [-0.05, 0) is 19.1 Å². The molecule has 0 atom stereocenters. The number of nitrogens with zero attached hydrogens (tertiary/aromatic N) is 1. The van der Waals surface area contributed by atoms with Gasteiger partial charge in [0.2, 0.25) is 0 Å². The Kier molecular flexibility index (Phi) is 1.73. The van der Waals surface area contributed by atoms with Crippen LogP contribution in [0.1, 0.15) is 5.01 Å². The van der Waals surface area contributed by atoms with E-state index in [0.717, 1.165) is 20.1 Å². The minimum absolute atomic E-state index is 0.691. The van der Waals surface area contributed by atoms with E-state index in [1.165, 1.54) is 0 Å². The molecule has 1 aromatic carbocycles. The first-order valence-corrected chi connectivity index (χ1v) is 4.79. The van der Waals surface area contributed by atoms with Gasteiger partial charge >= 0.3 is 0 Å². The Bertz CT molecular complexity index is 395. The van der Waals surface area contributed by atoms with E-state index in [9.17, 15) is 0 Å². The molecule has 62 valence electrons. The van der Waals surface area contributed by atoms with Crippen LogP contribution in [-0.2, 0) is 0 Å². The molecule has 0 bridgehead atoms. The fraction of sp³-hybridized carbons (Fsp3) is 0.125. The number of rotatable bonds is 0. The number of hydrogen-bond acceptors (Lipinski definition) is 4. The first kappa shape index (κ1) is 7.89. The number of thiazole rings is 1. The molecule has 0 spiro atoms. The predicted octanol–water partition coefficient (Wildman–Crippen LogP) is 2.48. The summed E-state index contributed by atoms with van der Waals surface area (Å²) < 4.78 is 1.15. The molecule has 1 aromatic heterocycles. The molecule has 0 fully saturated rings. The lowest BCUT2D eigenvalue weighted by atomic mass is 10.3. The third kappa shape index (κ3) is 1.17. The second-order valence-electron chi connectivity index (χ2n) is 2.61. The Morgan fingerprint density at radius 2 is 2.25 bits per heavy atom. The Hall–Kier alpha value is -0.740. The number of hydrogen-bond donors (Lipinski definition) is 2. The third-order valence-corrected chi connectivity index (χ3v) is 2.96. The summed E-state index contributed by atoms with van der Waals surface area (Å²) in [6, 6.07) is 3.82. The first-order chi connectivity index (χ1) is 5.66. The van der Waals surface area contributed by atoms with Crippen LogP contribution < -0.4 is 5.73 Å². The summed E-state index contributed by atoms with van der Waals surface area (Å²) in [5.74, 6) is 0. The number of nitrogens with two attached hydrogens (primary N) is 1. The molecule has 0 saturated carbocycles. The number of aromatic nitrogens is 1. The summed E-state index contributed by atoms with van der Waals surface area (Å²) >= 11 is 5.90. The highest BCUT2D eigenvalue weighted by atomic mass is 32.1. The molecular formula is C8H8N2S2. The molecule has 2 aromatic rings. The predicted molar refractivity (Wildman–Crippen MR) is 56.0 cm³/mol. The van der Waals surface area contributed by atoms with Gasteiger partial charge in [-0.25, -0.2) is 4.98 Å². The molecule has 0 aliphatic heterocycles. The number of benzene rings is 1. The van der Waals surface area contributed by atoms with Gasteiger partial charge in [0.25, 0.3) is 0 Å². The minimum Gasteiger partial charge on any atom is -0.398 e. The van der Waals surface area contributed by atoms with E-state index in [0.29, 0.717) is 5.69 Å². The van der Waals surface area contributed by atoms with Gasteiger partial charge in [0.05, 0.1) is 15.2 Å². The third-order valence-electron chi connectivity index (χ3n) is 1.64. The summed E-state index contributed by atoms with van der Waals surface area (Å²) in [5, 5.41) is 1.06. The summed E-state index contributed by atoms with van der Waals surface area (Å²) in [6.07, 6.45) is 0. The van der Waals surface area contributed by atoms with Crippen LogP contribution in [0.5, 0.6) is 0 Å². The number of anilines is 1. The topological polar surface area (TPSA) is 38.9 Å². The lowest BCUT2D eigenvalue weighted by Crippen LogP contribution is -1.85. The average molecular weight is 196 g/mol. The molecular weight excluding hydrogens is 188 g/mol. The molecule has 0 aliphatic carbocycles. The standard InChI is InChI=1S/C8H8N2S2/c1-4-10-6-2-5(9)7(11)3-8(6)12-4/h2-3,11H,9H2,1H3. The monoisotopic (exact) mass is 196 g/mol. The molecule has 12 heavy (non-hydrogen) atoms. The Labute approximate surface area is 79.8 Å². The number of thiol groups is 1. The van der Waals surface area contributed by atoms with E-state index in [1.807, 2.05) is 19.1 Å². The summed E-state index contributed by atoms with van der Waals surface area (Å²) in [6.45, 7) is 1.99. The maximum absolute atomic E-state index is 5.68. The lowest BCUT2D eigenvalue weighted by molar-refractivity contribution is 1.34. The van der Waals surface area contributed by atoms with Crippen LogP contribution in [0, 0.1) is 6.92 Å². The highest BCUT2D eigenvalue weighted by molar-refractivity contribution is 7.80. The Morgan fingerprint density at radius 1 is 1.50 bits per heavy atom. The van der Waals surface area contributed by atoms with Crippen LogP contribution in [-0.4, -0.2) is 4.98 Å². The number of nitrogen functional groups attached to an aromatic ring is 1. The van der Waals surface area contributed by atoms with Crippen LogP contribution in [0.15, 0.2) is 17.0 Å². The first-order valence-electron chi connectivity index (χ1n) is 3.52. The van der Waals surface area contributed by atoms with Crippen LogP contribution >= 0.6 is 24.0 Å². The summed E-state index contributed by atoms with van der Waals surface area (Å²) in [5.41, 5.74) is 7.34. The molecule has 2 nitrogen and oxygen atoms in total. The molecule has 0 saturated heterocycles. The second kappa shape index (κ2) is 2.64. The van der Waals surface area contributed by atoms with Crippen molar-refractivity contribution in [2.45, 2.75) is 11.8 Å². The smallest absolute Gasteiger partial charge is 0.0907 e. The highest BCUT2D eigenvalue weighted by Gasteiger charge is 2.02. The van der Waals surface area contributed by atoms with Crippen molar-refractivity contribution in [3.05, 3.63) is 17.1 Å². The minimum atomic E-state index is 0.691. The van der Waals surface area contributed by atoms with Gasteiger partial charge in [0.1, 0.15) is 0 Å². The SMILES string of the molecule is Cc1nc2cc(N)c(S)cc2s1. The largest absolute Gasteiger partial charge is 0.398 e. The zero-order chi connectivity index (χ0) is 8.72. The van der Waals surface area contributed by atoms with Gasteiger partial charge in [-0.15, -0.1) is 24.0 Å². The van der Waals surface area contributed by atoms with Crippen molar-refractivity contribution in [1.82, 2.24) is 4.98 Å². The molecule has 1 heterocycles. The van der Waals surface area contributed by atoms with Crippen LogP contribution in [0.4, 0.5) is 5.69 Å². The van der Waals surface area contributed by atoms with Crippen molar-refractivity contribution in [3.63, 3.8) is 0 Å². The van der Waals surface area contributed by atoms with Crippen LogP contribution in [0.3, 0.4) is 0 Å². The van der Waals surface area contributed by atoms with Gasteiger partial charge in [-0.2, -0.15) is 0 Å². The average Bonchev–Trinajstić information content (AvgIpc) is 2.30. The van der Waals surface area contributed by atoms with Crippen molar-refractivity contribution in [2.24, 2.45) is 0 Å². The van der Waals surface area contributed by atoms with Crippen molar-refractivity contribution in [2.75, 3.05) is 5.73 Å². The normalized spacial score (nSPS) is 10.8. The van der Waals surface area contributed by atoms with Gasteiger partial charge in [-0.3, -0.25) is 0 Å². The van der Waals surface area contributed by atoms with Crippen molar-refractivity contribution in [3.8, 4) is 0 Å². The lowest BCUT2D eigenvalue weighted by Gasteiger charge is -1.96. The molecule has 4 heteroatoms. The fourth-order valence-corrected chi connectivity index (χ4v) is 2.22. The molecule has 2 N–H and O–H groups in total. The number of aryl methyl sites for hydroxylation is 1. The summed E-state index contributed by atoms with van der Waals surface area (Å²) in [4.78, 5) is 5.14. The summed E-state index contributed by atoms with van der Waals surface area (Å²) in [7, 11) is 0. The molecule has 0 amide bonds. The van der Waals surface area contributed by atoms with E-state index in [4.69, 9.17) is 5.73 Å². The van der Waals surface area contributed by atoms with Gasteiger partial charge in [-0.1, -0.05) is 0 Å². The van der Waals surface area contributed by atoms with E-state index < -0.39 is 0 Å². The van der Waals surface area contributed by atoms with Crippen molar-refractivity contribution >= 4 is 39.9 Å². The zero-order valence-electron chi connectivity index (χ0n) is 6.53. The van der Waals surface area contributed by atoms with E-state index in [2.05, 4.69) is 17.6 Å². The van der Waals surface area contributed by atoms with Crippen molar-refractivity contribution < 1.29 is 0 Å². The van der Waals surface area contributed by atoms with Gasteiger partial charge in [0.15, 0.2) is 0 Å². The molecule has 0 radical (unpaired) electrons. The fourth-order valence-electron chi connectivity index (χ4n) is 1.09. The maximum Gasteiger partial charge on any atom is 0.0907 e. The molecule has 2 rings (SSSR count). The van der Waals surface area contributed by atoms with E-state index >= 15 is 0 Å². The van der Waals surface area contributed by atoms with Crippen molar-refractivity contribution in [1.29, 1.82) is 0 Å². The van der Waals surface area contributed by atoms with E-state index in [-0.39, 0.29) is 0 Å². The Morgan fingerprint density at radius 3 is 3.00 bits per heavy atom. The quantitative estimate of drug-likeness (QED) is 0.502. The van der Waals surface area contributed by atoms with Gasteiger partial charge < -0.3 is 5.73 Å². The highest BCUT2D eigenvalue weighted by Crippen LogP contribution is 2.28. The second-order valence-corrected chi connectivity index (χ2v) is 4.33. The molecule has 0 aliphatic rings. The van der Waals surface area contributed by atoms with Crippen LogP contribution in [0.2, 0.25) is 0 Å². The Balaban J connectivity index is 2.83.